The molecular weight excluding hydrogens is 306 g/mol. The second-order valence-corrected chi connectivity index (χ2v) is 7.73. The van der Waals surface area contributed by atoms with Gasteiger partial charge < -0.3 is 9.05 Å². The molecule has 122 valence electrons. The molecule has 0 saturated heterocycles. The van der Waals surface area contributed by atoms with Crippen molar-refractivity contribution in [2.75, 3.05) is 0 Å². The van der Waals surface area contributed by atoms with E-state index >= 15 is 0 Å². The van der Waals surface area contributed by atoms with E-state index in [0.717, 1.165) is 12.8 Å². The van der Waals surface area contributed by atoms with E-state index in [2.05, 4.69) is 22.2 Å². The summed E-state index contributed by atoms with van der Waals surface area (Å²) in [5.74, 6) is 1.05. The van der Waals surface area contributed by atoms with Crippen LogP contribution in [-0.2, 0) is 22.0 Å². The van der Waals surface area contributed by atoms with Gasteiger partial charge >= 0.3 is 0 Å². The molecule has 0 unspecified atom stereocenters. The summed E-state index contributed by atoms with van der Waals surface area (Å²) < 4.78 is 35.2. The van der Waals surface area contributed by atoms with Gasteiger partial charge in [-0.05, 0) is 27.2 Å². The number of aryl methyl sites for hydroxylation is 3. The number of hydrogen-bond donors (Lipinski definition) is 0. The zero-order valence-electron chi connectivity index (χ0n) is 13.3. The van der Waals surface area contributed by atoms with E-state index in [9.17, 15) is 8.42 Å². The summed E-state index contributed by atoms with van der Waals surface area (Å²) in [6.45, 7) is 7.05. The summed E-state index contributed by atoms with van der Waals surface area (Å²) in [5.41, 5.74) is 1.18. The van der Waals surface area contributed by atoms with Gasteiger partial charge in [-0.3, -0.25) is 0 Å². The Morgan fingerprint density at radius 3 is 2.50 bits per heavy atom. The predicted molar refractivity (Wildman–Crippen MR) is 79.9 cm³/mol. The molecule has 2 aromatic heterocycles. The molecule has 0 aromatic carbocycles. The Hall–Kier alpha value is -1.70. The lowest BCUT2D eigenvalue weighted by atomic mass is 10.2. The second kappa shape index (κ2) is 6.60. The van der Waals surface area contributed by atoms with E-state index < -0.39 is 15.1 Å². The van der Waals surface area contributed by atoms with E-state index in [-0.39, 0.29) is 11.6 Å². The average Bonchev–Trinajstić information content (AvgIpc) is 3.06. The van der Waals surface area contributed by atoms with Crippen LogP contribution in [0.15, 0.2) is 9.05 Å². The van der Waals surface area contributed by atoms with Gasteiger partial charge in [0, 0.05) is 12.0 Å². The molecule has 0 aliphatic heterocycles. The maximum Gasteiger partial charge on any atom is 0.244 e. The van der Waals surface area contributed by atoms with Crippen molar-refractivity contribution in [3.8, 4) is 0 Å². The molecule has 7 nitrogen and oxygen atoms in total. The minimum Gasteiger partial charge on any atom is -0.361 e. The van der Waals surface area contributed by atoms with Crippen molar-refractivity contribution in [1.82, 2.24) is 15.3 Å². The van der Waals surface area contributed by atoms with Crippen LogP contribution in [0, 0.1) is 13.8 Å². The fourth-order valence-corrected chi connectivity index (χ4v) is 3.52. The Balaban J connectivity index is 2.16. The van der Waals surface area contributed by atoms with Gasteiger partial charge in [0.05, 0.1) is 11.4 Å². The predicted octanol–water partition coefficient (Wildman–Crippen LogP) is 2.69. The minimum absolute atomic E-state index is 0.137. The van der Waals surface area contributed by atoms with E-state index in [1.54, 1.807) is 20.8 Å². The molecule has 2 aromatic rings. The molecule has 0 spiro atoms. The van der Waals surface area contributed by atoms with Gasteiger partial charge in [-0.1, -0.05) is 23.7 Å². The average molecular weight is 327 g/mol. The molecule has 1 atom stereocenters. The molecule has 22 heavy (non-hydrogen) atoms. The number of sulfone groups is 1. The number of hydrogen-bond acceptors (Lipinski definition) is 7. The van der Waals surface area contributed by atoms with Crippen LogP contribution in [0.1, 0.15) is 60.7 Å². The van der Waals surface area contributed by atoms with Crippen molar-refractivity contribution in [1.29, 1.82) is 0 Å². The number of unbranched alkanes of at least 4 members (excludes halogenated alkanes) is 1. The van der Waals surface area contributed by atoms with Crippen molar-refractivity contribution in [2.45, 2.75) is 58.0 Å². The van der Waals surface area contributed by atoms with Gasteiger partial charge in [-0.25, -0.2) is 8.42 Å². The fourth-order valence-electron chi connectivity index (χ4n) is 2.06. The highest BCUT2D eigenvalue weighted by Gasteiger charge is 2.30. The third-order valence-electron chi connectivity index (χ3n) is 3.65. The van der Waals surface area contributed by atoms with Crippen LogP contribution in [0.25, 0.3) is 0 Å². The van der Waals surface area contributed by atoms with Gasteiger partial charge in [0.15, 0.2) is 15.7 Å². The molecule has 2 rings (SSSR count). The zero-order valence-corrected chi connectivity index (χ0v) is 14.1. The molecule has 0 radical (unpaired) electrons. The lowest BCUT2D eigenvalue weighted by molar-refractivity contribution is 0.370. The Labute approximate surface area is 130 Å². The van der Waals surface area contributed by atoms with Crippen molar-refractivity contribution >= 4 is 9.84 Å². The van der Waals surface area contributed by atoms with Crippen LogP contribution < -0.4 is 0 Å². The summed E-state index contributed by atoms with van der Waals surface area (Å²) >= 11 is 0. The molecule has 0 bridgehead atoms. The van der Waals surface area contributed by atoms with E-state index in [1.165, 1.54) is 0 Å². The topological polar surface area (TPSA) is 99.1 Å². The minimum atomic E-state index is -3.48. The van der Waals surface area contributed by atoms with Crippen LogP contribution in [0.5, 0.6) is 0 Å². The molecule has 2 heterocycles. The van der Waals surface area contributed by atoms with Crippen LogP contribution in [0.4, 0.5) is 0 Å². The van der Waals surface area contributed by atoms with Crippen LogP contribution in [-0.4, -0.2) is 23.7 Å². The summed E-state index contributed by atoms with van der Waals surface area (Å²) in [4.78, 5) is 4.19. The highest BCUT2D eigenvalue weighted by atomic mass is 32.2. The number of nitrogens with zero attached hydrogens (tertiary/aromatic N) is 3. The lowest BCUT2D eigenvalue weighted by Crippen LogP contribution is -2.14. The van der Waals surface area contributed by atoms with Gasteiger partial charge in [0.25, 0.3) is 0 Å². The smallest absolute Gasteiger partial charge is 0.244 e. The monoisotopic (exact) mass is 327 g/mol. The Morgan fingerprint density at radius 2 is 1.91 bits per heavy atom. The zero-order chi connectivity index (χ0) is 16.3. The number of rotatable bonds is 7. The number of aromatic nitrogens is 3. The van der Waals surface area contributed by atoms with Crippen LogP contribution in [0.3, 0.4) is 0 Å². The van der Waals surface area contributed by atoms with Gasteiger partial charge in [-0.15, -0.1) is 0 Å². The molecular formula is C14H21N3O4S. The fraction of sp³-hybridized carbons (Fsp3) is 0.643. The highest BCUT2D eigenvalue weighted by molar-refractivity contribution is 7.90. The molecule has 0 amide bonds. The van der Waals surface area contributed by atoms with E-state index in [4.69, 9.17) is 9.05 Å². The first kappa shape index (κ1) is 16.7. The summed E-state index contributed by atoms with van der Waals surface area (Å²) in [7, 11) is -3.48. The quantitative estimate of drug-likeness (QED) is 0.770. The SMILES string of the molecule is CCCCc1noc([C@H](C)S(=O)(=O)Cc2c(C)noc2C)n1. The van der Waals surface area contributed by atoms with E-state index in [0.29, 0.717) is 29.3 Å². The van der Waals surface area contributed by atoms with E-state index in [1.807, 2.05) is 0 Å². The van der Waals surface area contributed by atoms with Crippen molar-refractivity contribution in [2.24, 2.45) is 0 Å². The first-order valence-electron chi connectivity index (χ1n) is 7.31. The third kappa shape index (κ3) is 3.55. The standard InChI is InChI=1S/C14H21N3O4S/c1-5-6-7-13-15-14(21-17-13)11(4)22(18,19)8-12-9(2)16-20-10(12)3/h11H,5-8H2,1-4H3/t11-/m0/s1. The van der Waals surface area contributed by atoms with Gasteiger partial charge in [0.2, 0.25) is 5.89 Å². The normalized spacial score (nSPS) is 13.5. The lowest BCUT2D eigenvalue weighted by Gasteiger charge is -2.08. The van der Waals surface area contributed by atoms with Crippen LogP contribution >= 0.6 is 0 Å². The van der Waals surface area contributed by atoms with Crippen molar-refractivity contribution in [3.63, 3.8) is 0 Å². The van der Waals surface area contributed by atoms with Gasteiger partial charge in [0.1, 0.15) is 11.0 Å². The summed E-state index contributed by atoms with van der Waals surface area (Å²) in [6.07, 6.45) is 2.65. The van der Waals surface area contributed by atoms with Crippen molar-refractivity contribution < 1.29 is 17.5 Å². The summed E-state index contributed by atoms with van der Waals surface area (Å²) in [6, 6.07) is 0. The Bertz CT molecular complexity index is 714. The summed E-state index contributed by atoms with van der Waals surface area (Å²) in [5, 5.41) is 6.76. The maximum absolute atomic E-state index is 12.5. The molecule has 0 N–H and O–H groups in total. The van der Waals surface area contributed by atoms with Crippen LogP contribution in [0.2, 0.25) is 0 Å². The largest absolute Gasteiger partial charge is 0.361 e. The molecule has 0 saturated carbocycles. The van der Waals surface area contributed by atoms with Crippen molar-refractivity contribution in [3.05, 3.63) is 28.7 Å². The first-order valence-corrected chi connectivity index (χ1v) is 9.02. The van der Waals surface area contributed by atoms with Gasteiger partial charge in [-0.2, -0.15) is 4.98 Å². The molecule has 0 aliphatic carbocycles. The second-order valence-electron chi connectivity index (χ2n) is 5.40. The Kier molecular flexibility index (Phi) is 5.00. The third-order valence-corrected chi connectivity index (χ3v) is 5.62. The molecule has 0 fully saturated rings. The Morgan fingerprint density at radius 1 is 1.18 bits per heavy atom. The highest BCUT2D eigenvalue weighted by Crippen LogP contribution is 2.26. The molecule has 8 heteroatoms. The first-order chi connectivity index (χ1) is 10.3. The maximum atomic E-state index is 12.5. The molecule has 0 aliphatic rings.